The number of fused-ring (bicyclic) bond motifs is 3. The van der Waals surface area contributed by atoms with Crippen LogP contribution in [0.2, 0.25) is 0 Å². The molecule has 0 saturated carbocycles. The topological polar surface area (TPSA) is 43.6 Å². The first kappa shape index (κ1) is 23.7. The van der Waals surface area contributed by atoms with Gasteiger partial charge in [-0.15, -0.1) is 0 Å². The lowest BCUT2D eigenvalue weighted by molar-refractivity contribution is 0.875. The molecule has 7 rings (SSSR count). The van der Waals surface area contributed by atoms with Gasteiger partial charge in [-0.05, 0) is 61.7 Å². The van der Waals surface area contributed by atoms with E-state index in [9.17, 15) is 0 Å². The average Bonchev–Trinajstić information content (AvgIpc) is 3.11. The van der Waals surface area contributed by atoms with Crippen LogP contribution in [0.25, 0.3) is 61.7 Å². The fourth-order valence-electron chi connectivity index (χ4n) is 5.26. The number of halogens is 1. The van der Waals surface area contributed by atoms with Crippen LogP contribution in [-0.2, 0) is 0 Å². The molecule has 0 N–H and O–H groups in total. The zero-order valence-corrected chi connectivity index (χ0v) is 22.8. The summed E-state index contributed by atoms with van der Waals surface area (Å²) in [6.45, 7) is 0. The van der Waals surface area contributed by atoms with Crippen molar-refractivity contribution < 1.29 is 0 Å². The molecule has 0 atom stereocenters. The largest absolute Gasteiger partial charge is 0.310 e. The van der Waals surface area contributed by atoms with Crippen LogP contribution < -0.4 is 0 Å². The Morgan fingerprint density at radius 3 is 2.03 bits per heavy atom. The maximum absolute atomic E-state index is 4.96. The Morgan fingerprint density at radius 1 is 0.590 bits per heavy atom. The summed E-state index contributed by atoms with van der Waals surface area (Å²) >= 11 is 3.53. The van der Waals surface area contributed by atoms with Crippen molar-refractivity contribution in [1.29, 1.82) is 0 Å². The van der Waals surface area contributed by atoms with Crippen molar-refractivity contribution in [2.45, 2.75) is 19.3 Å². The Hall–Kier alpha value is -4.35. The zero-order valence-electron chi connectivity index (χ0n) is 21.3. The molecule has 0 fully saturated rings. The minimum Gasteiger partial charge on any atom is -0.310 e. The smallest absolute Gasteiger partial charge is 0.164 e. The lowest BCUT2D eigenvalue weighted by Crippen LogP contribution is -2.00. The molecule has 0 amide bonds. The summed E-state index contributed by atoms with van der Waals surface area (Å²) in [5.41, 5.74) is 6.50. The Bertz CT molecular complexity index is 1880. The van der Waals surface area contributed by atoms with Crippen molar-refractivity contribution in [3.63, 3.8) is 0 Å². The van der Waals surface area contributed by atoms with Gasteiger partial charge in [0.2, 0.25) is 0 Å². The van der Waals surface area contributed by atoms with Crippen LogP contribution in [0.5, 0.6) is 0 Å². The third-order valence-electron chi connectivity index (χ3n) is 7.18. The highest BCUT2D eigenvalue weighted by Gasteiger charge is 2.17. The predicted molar refractivity (Wildman–Crippen MR) is 164 cm³/mol. The number of rotatable bonds is 4. The third kappa shape index (κ3) is 4.49. The molecule has 4 nitrogen and oxygen atoms in total. The van der Waals surface area contributed by atoms with E-state index in [1.165, 1.54) is 33.9 Å². The van der Waals surface area contributed by atoms with Gasteiger partial charge in [-0.1, -0.05) is 88.7 Å². The monoisotopic (exact) mass is 568 g/mol. The number of allylic oxidation sites excluding steroid dienone is 4. The molecule has 2 aromatic heterocycles. The summed E-state index contributed by atoms with van der Waals surface area (Å²) in [5, 5.41) is 2.41. The lowest BCUT2D eigenvalue weighted by Gasteiger charge is -2.10. The van der Waals surface area contributed by atoms with Gasteiger partial charge in [0.25, 0.3) is 0 Å². The fourth-order valence-corrected chi connectivity index (χ4v) is 5.53. The Balaban J connectivity index is 1.44. The SMILES string of the molecule is Brc1ccc(-c2nc(-c3ccccc3)nc(-c3ccc4c(c3)c3ccccc3n4C3=CCCCC=C3)n2)cc1. The molecular weight excluding hydrogens is 544 g/mol. The summed E-state index contributed by atoms with van der Waals surface area (Å²) in [7, 11) is 0. The van der Waals surface area contributed by atoms with E-state index in [0.717, 1.165) is 34.0 Å². The van der Waals surface area contributed by atoms with Crippen LogP contribution in [0.3, 0.4) is 0 Å². The minimum absolute atomic E-state index is 0.655. The lowest BCUT2D eigenvalue weighted by atomic mass is 10.1. The van der Waals surface area contributed by atoms with Gasteiger partial charge in [0.15, 0.2) is 17.5 Å². The van der Waals surface area contributed by atoms with Crippen LogP contribution in [0.15, 0.2) is 120 Å². The van der Waals surface area contributed by atoms with Crippen LogP contribution in [-0.4, -0.2) is 19.5 Å². The van der Waals surface area contributed by atoms with E-state index in [4.69, 9.17) is 15.0 Å². The van der Waals surface area contributed by atoms with Gasteiger partial charge in [0.1, 0.15) is 0 Å². The van der Waals surface area contributed by atoms with Crippen molar-refractivity contribution in [3.05, 3.63) is 120 Å². The number of hydrogen-bond acceptors (Lipinski definition) is 3. The Labute approximate surface area is 235 Å². The van der Waals surface area contributed by atoms with Crippen molar-refractivity contribution in [1.82, 2.24) is 19.5 Å². The standard InChI is InChI=1S/C34H25BrN4/c35-26-19-16-24(17-20-26)33-36-32(23-10-4-3-5-11-23)37-34(38-33)25-18-21-31-29(22-25)28-14-8-9-15-30(28)39(31)27-12-6-1-2-7-13-27/h3-6,8-22H,1-2,7H2. The van der Waals surface area contributed by atoms with Gasteiger partial charge in [-0.2, -0.15) is 0 Å². The second-order valence-electron chi connectivity index (χ2n) is 9.73. The first-order valence-electron chi connectivity index (χ1n) is 13.2. The van der Waals surface area contributed by atoms with Crippen molar-refractivity contribution in [2.75, 3.05) is 0 Å². The third-order valence-corrected chi connectivity index (χ3v) is 7.70. The average molecular weight is 570 g/mol. The van der Waals surface area contributed by atoms with Crippen molar-refractivity contribution in [2.24, 2.45) is 0 Å². The van der Waals surface area contributed by atoms with Crippen LogP contribution in [0.4, 0.5) is 0 Å². The molecule has 4 aromatic carbocycles. The van der Waals surface area contributed by atoms with Crippen LogP contribution in [0, 0.1) is 0 Å². The minimum atomic E-state index is 0.655. The zero-order chi connectivity index (χ0) is 26.2. The molecule has 1 aliphatic rings. The van der Waals surface area contributed by atoms with E-state index in [1.807, 2.05) is 54.6 Å². The molecule has 1 aliphatic carbocycles. The predicted octanol–water partition coefficient (Wildman–Crippen LogP) is 9.32. The van der Waals surface area contributed by atoms with Gasteiger partial charge in [-0.25, -0.2) is 15.0 Å². The molecule has 0 saturated heterocycles. The van der Waals surface area contributed by atoms with E-state index >= 15 is 0 Å². The van der Waals surface area contributed by atoms with E-state index in [-0.39, 0.29) is 0 Å². The number of hydrogen-bond donors (Lipinski definition) is 0. The number of para-hydroxylation sites is 1. The molecule has 0 unspecified atom stereocenters. The molecule has 6 aromatic rings. The molecule has 188 valence electrons. The van der Waals surface area contributed by atoms with Crippen molar-refractivity contribution in [3.8, 4) is 34.2 Å². The first-order valence-corrected chi connectivity index (χ1v) is 14.0. The Kier molecular flexibility index (Phi) is 6.14. The fraction of sp³-hybridized carbons (Fsp3) is 0.0882. The van der Waals surface area contributed by atoms with E-state index < -0.39 is 0 Å². The second kappa shape index (κ2) is 10.1. The number of aromatic nitrogens is 4. The normalized spacial score (nSPS) is 13.5. The molecule has 2 heterocycles. The van der Waals surface area contributed by atoms with Crippen molar-refractivity contribution >= 4 is 43.4 Å². The number of nitrogens with zero attached hydrogens (tertiary/aromatic N) is 4. The highest BCUT2D eigenvalue weighted by Crippen LogP contribution is 2.35. The van der Waals surface area contributed by atoms with E-state index in [2.05, 4.69) is 81.2 Å². The summed E-state index contributed by atoms with van der Waals surface area (Å²) in [6.07, 6.45) is 10.3. The van der Waals surface area contributed by atoms with Gasteiger partial charge < -0.3 is 4.57 Å². The highest BCUT2D eigenvalue weighted by molar-refractivity contribution is 9.10. The highest BCUT2D eigenvalue weighted by atomic mass is 79.9. The maximum Gasteiger partial charge on any atom is 0.164 e. The molecule has 0 radical (unpaired) electrons. The van der Waals surface area contributed by atoms with E-state index in [1.54, 1.807) is 0 Å². The quantitative estimate of drug-likeness (QED) is 0.213. The summed E-state index contributed by atoms with van der Waals surface area (Å²) < 4.78 is 3.40. The first-order chi connectivity index (χ1) is 19.2. The van der Waals surface area contributed by atoms with Crippen LogP contribution >= 0.6 is 15.9 Å². The summed E-state index contributed by atoms with van der Waals surface area (Å²) in [4.78, 5) is 14.8. The second-order valence-corrected chi connectivity index (χ2v) is 10.6. The molecule has 0 aliphatic heterocycles. The molecule has 39 heavy (non-hydrogen) atoms. The molecule has 5 heteroatoms. The molecular formula is C34H25BrN4. The van der Waals surface area contributed by atoms with Gasteiger partial charge in [0.05, 0.1) is 11.0 Å². The van der Waals surface area contributed by atoms with Gasteiger partial charge >= 0.3 is 0 Å². The molecule has 0 bridgehead atoms. The maximum atomic E-state index is 4.96. The van der Waals surface area contributed by atoms with E-state index in [0.29, 0.717) is 17.5 Å². The van der Waals surface area contributed by atoms with Gasteiger partial charge in [-0.3, -0.25) is 0 Å². The Morgan fingerprint density at radius 2 is 1.23 bits per heavy atom. The summed E-state index contributed by atoms with van der Waals surface area (Å²) in [5.74, 6) is 1.98. The van der Waals surface area contributed by atoms with Gasteiger partial charge in [0, 0.05) is 37.6 Å². The summed E-state index contributed by atoms with van der Waals surface area (Å²) in [6, 6.07) is 33.4. The molecule has 0 spiro atoms. The van der Waals surface area contributed by atoms with Crippen LogP contribution in [0.1, 0.15) is 19.3 Å². The number of benzene rings is 4.